The van der Waals surface area contributed by atoms with Crippen LogP contribution < -0.4 is 0 Å². The molecule has 0 unspecified atom stereocenters. The molecule has 1 aliphatic rings. The Bertz CT molecular complexity index is 385. The summed E-state index contributed by atoms with van der Waals surface area (Å²) in [6, 6.07) is 6.02. The predicted molar refractivity (Wildman–Crippen MR) is 67.6 cm³/mol. The molecule has 0 spiro atoms. The first-order valence-electron chi connectivity index (χ1n) is 6.31. The van der Waals surface area contributed by atoms with Gasteiger partial charge < -0.3 is 0 Å². The first-order chi connectivity index (χ1) is 8.44. The Morgan fingerprint density at radius 3 is 2.44 bits per heavy atom. The van der Waals surface area contributed by atoms with Crippen molar-refractivity contribution in [2.75, 3.05) is 13.1 Å². The van der Waals surface area contributed by atoms with Crippen molar-refractivity contribution in [1.82, 2.24) is 4.90 Å². The van der Waals surface area contributed by atoms with Crippen LogP contribution in [-0.4, -0.2) is 24.2 Å². The molecule has 0 atom stereocenters. The van der Waals surface area contributed by atoms with E-state index < -0.39 is 12.7 Å². The van der Waals surface area contributed by atoms with Crippen LogP contribution in [0.15, 0.2) is 18.2 Å². The highest BCUT2D eigenvalue weighted by molar-refractivity contribution is 5.33. The number of rotatable bonds is 1. The molecule has 1 aromatic carbocycles. The highest BCUT2D eigenvalue weighted by atomic mass is 19.4. The molecular weight excluding hydrogens is 239 g/mol. The molecule has 0 aliphatic carbocycles. The molecule has 0 saturated carbocycles. The topological polar surface area (TPSA) is 3.24 Å². The maximum atomic E-state index is 12.3. The van der Waals surface area contributed by atoms with Gasteiger partial charge in [0.1, 0.15) is 0 Å². The van der Waals surface area contributed by atoms with Crippen molar-refractivity contribution in [1.29, 1.82) is 0 Å². The van der Waals surface area contributed by atoms with E-state index in [2.05, 4.69) is 0 Å². The van der Waals surface area contributed by atoms with Crippen LogP contribution in [0.1, 0.15) is 30.5 Å². The van der Waals surface area contributed by atoms with Crippen LogP contribution in [0.5, 0.6) is 0 Å². The second kappa shape index (κ2) is 6.23. The van der Waals surface area contributed by atoms with Crippen molar-refractivity contribution in [2.24, 2.45) is 0 Å². The summed E-state index contributed by atoms with van der Waals surface area (Å²) in [5.41, 5.74) is 3.33. The Morgan fingerprint density at radius 2 is 1.83 bits per heavy atom. The van der Waals surface area contributed by atoms with Crippen LogP contribution in [0.3, 0.4) is 0 Å². The maximum Gasteiger partial charge on any atom is 0.401 e. The molecule has 0 saturated heterocycles. The molecule has 1 nitrogen and oxygen atoms in total. The Hall–Kier alpha value is -1.03. The molecule has 18 heavy (non-hydrogen) atoms. The van der Waals surface area contributed by atoms with Crippen molar-refractivity contribution >= 4 is 0 Å². The van der Waals surface area contributed by atoms with E-state index in [9.17, 15) is 13.2 Å². The standard InChI is InChI=1S/C12H14F3N.C2H6/c1-9-2-3-10-4-5-16(7-11(10)6-9)8-12(13,14)15;1-2/h2-3,6H,4-5,7-8H2,1H3;1-2H3. The van der Waals surface area contributed by atoms with Crippen molar-refractivity contribution in [3.05, 3.63) is 34.9 Å². The van der Waals surface area contributed by atoms with Gasteiger partial charge in [0, 0.05) is 13.1 Å². The lowest BCUT2D eigenvalue weighted by atomic mass is 9.98. The first-order valence-corrected chi connectivity index (χ1v) is 6.31. The summed E-state index contributed by atoms with van der Waals surface area (Å²) in [4.78, 5) is 1.46. The molecule has 0 amide bonds. The number of aryl methyl sites for hydroxylation is 1. The van der Waals surface area contributed by atoms with Gasteiger partial charge in [-0.05, 0) is 24.5 Å². The fourth-order valence-corrected chi connectivity index (χ4v) is 2.13. The largest absolute Gasteiger partial charge is 0.401 e. The molecule has 1 aromatic rings. The van der Waals surface area contributed by atoms with Gasteiger partial charge in [-0.2, -0.15) is 13.2 Å². The fourth-order valence-electron chi connectivity index (χ4n) is 2.13. The Balaban J connectivity index is 0.000000771. The van der Waals surface area contributed by atoms with Crippen LogP contribution in [0.4, 0.5) is 13.2 Å². The lowest BCUT2D eigenvalue weighted by Gasteiger charge is -2.29. The van der Waals surface area contributed by atoms with Crippen LogP contribution in [0.25, 0.3) is 0 Å². The molecule has 4 heteroatoms. The number of hydrogen-bond acceptors (Lipinski definition) is 1. The predicted octanol–water partition coefficient (Wildman–Crippen LogP) is 3.94. The minimum absolute atomic E-state index is 0.413. The quantitative estimate of drug-likeness (QED) is 0.738. The van der Waals surface area contributed by atoms with Crippen molar-refractivity contribution in [3.63, 3.8) is 0 Å². The van der Waals surface area contributed by atoms with E-state index in [4.69, 9.17) is 0 Å². The molecular formula is C14H20F3N. The maximum absolute atomic E-state index is 12.3. The Labute approximate surface area is 107 Å². The van der Waals surface area contributed by atoms with Gasteiger partial charge in [-0.15, -0.1) is 0 Å². The number of fused-ring (bicyclic) bond motifs is 1. The van der Waals surface area contributed by atoms with Gasteiger partial charge in [0.15, 0.2) is 0 Å². The first kappa shape index (κ1) is 15.0. The molecule has 102 valence electrons. The van der Waals surface area contributed by atoms with Crippen molar-refractivity contribution in [2.45, 2.75) is 39.9 Å². The number of benzene rings is 1. The highest BCUT2D eigenvalue weighted by Gasteiger charge is 2.31. The Kier molecular flexibility index (Phi) is 5.20. The van der Waals surface area contributed by atoms with E-state index in [1.54, 1.807) is 0 Å². The number of nitrogens with zero attached hydrogens (tertiary/aromatic N) is 1. The molecule has 2 rings (SSSR count). The third-order valence-electron chi connectivity index (χ3n) is 2.86. The van der Waals surface area contributed by atoms with Gasteiger partial charge in [0.05, 0.1) is 6.54 Å². The molecule has 1 heterocycles. The second-order valence-corrected chi connectivity index (χ2v) is 4.35. The summed E-state index contributed by atoms with van der Waals surface area (Å²) in [6.07, 6.45) is -3.38. The van der Waals surface area contributed by atoms with E-state index in [0.29, 0.717) is 19.5 Å². The second-order valence-electron chi connectivity index (χ2n) is 4.35. The summed E-state index contributed by atoms with van der Waals surface area (Å²) < 4.78 is 36.8. The minimum Gasteiger partial charge on any atom is -0.290 e. The third-order valence-corrected chi connectivity index (χ3v) is 2.86. The number of halogens is 3. The molecule has 0 N–H and O–H groups in total. The third kappa shape index (κ3) is 4.33. The zero-order valence-electron chi connectivity index (χ0n) is 11.1. The summed E-state index contributed by atoms with van der Waals surface area (Å²) in [5.74, 6) is 0. The monoisotopic (exact) mass is 259 g/mol. The Morgan fingerprint density at radius 1 is 1.17 bits per heavy atom. The van der Waals surface area contributed by atoms with Crippen molar-refractivity contribution < 1.29 is 13.2 Å². The average Bonchev–Trinajstić information content (AvgIpc) is 2.29. The molecule has 0 bridgehead atoms. The van der Waals surface area contributed by atoms with Gasteiger partial charge >= 0.3 is 6.18 Å². The summed E-state index contributed by atoms with van der Waals surface area (Å²) >= 11 is 0. The normalized spacial score (nSPS) is 15.7. The zero-order valence-corrected chi connectivity index (χ0v) is 11.1. The smallest absolute Gasteiger partial charge is 0.290 e. The van der Waals surface area contributed by atoms with Gasteiger partial charge in [-0.3, -0.25) is 4.90 Å². The molecule has 0 fully saturated rings. The van der Waals surface area contributed by atoms with E-state index in [-0.39, 0.29) is 0 Å². The minimum atomic E-state index is -4.10. The molecule has 0 radical (unpaired) electrons. The molecule has 1 aliphatic heterocycles. The van der Waals surface area contributed by atoms with Gasteiger partial charge in [-0.1, -0.05) is 37.6 Å². The van der Waals surface area contributed by atoms with Gasteiger partial charge in [-0.25, -0.2) is 0 Å². The highest BCUT2D eigenvalue weighted by Crippen LogP contribution is 2.24. The summed E-state index contributed by atoms with van der Waals surface area (Å²) in [6.45, 7) is 6.06. The fraction of sp³-hybridized carbons (Fsp3) is 0.571. The summed E-state index contributed by atoms with van der Waals surface area (Å²) in [5, 5.41) is 0. The van der Waals surface area contributed by atoms with E-state index in [1.807, 2.05) is 39.0 Å². The number of alkyl halides is 3. The van der Waals surface area contributed by atoms with E-state index in [0.717, 1.165) is 11.1 Å². The van der Waals surface area contributed by atoms with E-state index in [1.165, 1.54) is 10.5 Å². The average molecular weight is 259 g/mol. The lowest BCUT2D eigenvalue weighted by molar-refractivity contribution is -0.147. The van der Waals surface area contributed by atoms with Gasteiger partial charge in [0.2, 0.25) is 0 Å². The SMILES string of the molecule is CC.Cc1ccc2c(c1)CN(CC(F)(F)F)CC2. The van der Waals surface area contributed by atoms with Crippen LogP contribution in [0.2, 0.25) is 0 Å². The zero-order chi connectivity index (χ0) is 13.8. The van der Waals surface area contributed by atoms with Crippen molar-refractivity contribution in [3.8, 4) is 0 Å². The molecule has 0 aromatic heterocycles. The number of hydrogen-bond donors (Lipinski definition) is 0. The van der Waals surface area contributed by atoms with Gasteiger partial charge in [0.25, 0.3) is 0 Å². The summed E-state index contributed by atoms with van der Waals surface area (Å²) in [7, 11) is 0. The van der Waals surface area contributed by atoms with Crippen LogP contribution >= 0.6 is 0 Å². The van der Waals surface area contributed by atoms with Crippen LogP contribution in [0, 0.1) is 6.92 Å². The van der Waals surface area contributed by atoms with E-state index >= 15 is 0 Å². The lowest BCUT2D eigenvalue weighted by Crippen LogP contribution is -2.37. The van der Waals surface area contributed by atoms with Crippen LogP contribution in [-0.2, 0) is 13.0 Å².